The van der Waals surface area contributed by atoms with Crippen molar-refractivity contribution in [2.45, 2.75) is 38.0 Å². The molecule has 0 aliphatic carbocycles. The first-order valence-corrected chi connectivity index (χ1v) is 9.13. The summed E-state index contributed by atoms with van der Waals surface area (Å²) < 4.78 is 28.1. The van der Waals surface area contributed by atoms with E-state index in [2.05, 4.69) is 46.4 Å². The molecule has 0 saturated heterocycles. The summed E-state index contributed by atoms with van der Waals surface area (Å²) in [6.45, 7) is 8.14. The zero-order valence-electron chi connectivity index (χ0n) is 13.0. The minimum absolute atomic E-state index is 0.0138. The van der Waals surface area contributed by atoms with Crippen molar-refractivity contribution >= 4 is 31.8 Å². The summed E-state index contributed by atoms with van der Waals surface area (Å²) in [6.07, 6.45) is 1.58. The van der Waals surface area contributed by atoms with Crippen LogP contribution >= 0.6 is 15.9 Å². The zero-order valence-corrected chi connectivity index (χ0v) is 15.4. The van der Waals surface area contributed by atoms with Crippen LogP contribution in [-0.4, -0.2) is 13.4 Å². The lowest BCUT2D eigenvalue weighted by Crippen LogP contribution is -2.15. The first-order valence-electron chi connectivity index (χ1n) is 6.85. The highest BCUT2D eigenvalue weighted by atomic mass is 79.9. The van der Waals surface area contributed by atoms with Gasteiger partial charge in [0.1, 0.15) is 5.82 Å². The molecule has 22 heavy (non-hydrogen) atoms. The number of benzene rings is 1. The average molecular weight is 383 g/mol. The Hall–Kier alpha value is -1.40. The number of anilines is 1. The fraction of sp³-hybridized carbons (Fsp3) is 0.312. The Kier molecular flexibility index (Phi) is 4.63. The Labute approximate surface area is 140 Å². The molecule has 4 nitrogen and oxygen atoms in total. The smallest absolute Gasteiger partial charge is 0.263 e. The predicted octanol–water partition coefficient (Wildman–Crippen LogP) is 4.25. The van der Waals surface area contributed by atoms with E-state index in [-0.39, 0.29) is 10.3 Å². The Bertz CT molecular complexity index is 779. The van der Waals surface area contributed by atoms with Crippen molar-refractivity contribution in [3.63, 3.8) is 0 Å². The van der Waals surface area contributed by atoms with Gasteiger partial charge in [0.25, 0.3) is 10.0 Å². The molecule has 6 heteroatoms. The number of nitrogens with one attached hydrogen (secondary N) is 1. The average Bonchev–Trinajstić information content (AvgIpc) is 2.42. The van der Waals surface area contributed by atoms with E-state index in [1.165, 1.54) is 0 Å². The molecule has 0 amide bonds. The van der Waals surface area contributed by atoms with E-state index in [0.717, 1.165) is 15.6 Å². The summed E-state index contributed by atoms with van der Waals surface area (Å²) in [4.78, 5) is 4.29. The third-order valence-electron chi connectivity index (χ3n) is 3.32. The van der Waals surface area contributed by atoms with Gasteiger partial charge >= 0.3 is 0 Å². The summed E-state index contributed by atoms with van der Waals surface area (Å²) in [6, 6.07) is 8.61. The molecule has 1 aromatic heterocycles. The number of hydrogen-bond donors (Lipinski definition) is 1. The highest BCUT2D eigenvalue weighted by Crippen LogP contribution is 2.24. The number of pyridine rings is 1. The maximum absolute atomic E-state index is 12.4. The van der Waals surface area contributed by atoms with Crippen LogP contribution in [0.1, 0.15) is 31.9 Å². The van der Waals surface area contributed by atoms with E-state index < -0.39 is 10.0 Å². The van der Waals surface area contributed by atoms with Crippen LogP contribution in [0.15, 0.2) is 45.9 Å². The summed E-state index contributed by atoms with van der Waals surface area (Å²) in [5, 5.41) is 0. The predicted molar refractivity (Wildman–Crippen MR) is 92.6 cm³/mol. The van der Waals surface area contributed by atoms with Crippen molar-refractivity contribution in [3.8, 4) is 0 Å². The van der Waals surface area contributed by atoms with E-state index >= 15 is 0 Å². The van der Waals surface area contributed by atoms with Crippen LogP contribution in [-0.2, 0) is 15.4 Å². The minimum Gasteiger partial charge on any atom is -0.263 e. The number of nitrogens with zero attached hydrogens (tertiary/aromatic N) is 1. The lowest BCUT2D eigenvalue weighted by atomic mass is 9.87. The van der Waals surface area contributed by atoms with Crippen LogP contribution in [0.2, 0.25) is 0 Å². The quantitative estimate of drug-likeness (QED) is 0.862. The monoisotopic (exact) mass is 382 g/mol. The third kappa shape index (κ3) is 3.87. The second kappa shape index (κ2) is 6.01. The van der Waals surface area contributed by atoms with E-state index in [4.69, 9.17) is 0 Å². The van der Waals surface area contributed by atoms with E-state index in [0.29, 0.717) is 5.82 Å². The van der Waals surface area contributed by atoms with E-state index in [1.807, 2.05) is 19.1 Å². The molecule has 0 saturated carbocycles. The van der Waals surface area contributed by atoms with Gasteiger partial charge in [0, 0.05) is 10.7 Å². The number of aromatic nitrogens is 1. The van der Waals surface area contributed by atoms with Gasteiger partial charge in [0.2, 0.25) is 0 Å². The Morgan fingerprint density at radius 1 is 1.14 bits per heavy atom. The molecule has 0 fully saturated rings. The van der Waals surface area contributed by atoms with Crippen LogP contribution in [0, 0.1) is 6.92 Å². The van der Waals surface area contributed by atoms with Crippen LogP contribution in [0.3, 0.4) is 0 Å². The Morgan fingerprint density at radius 2 is 1.73 bits per heavy atom. The van der Waals surface area contributed by atoms with Gasteiger partial charge in [-0.2, -0.15) is 0 Å². The van der Waals surface area contributed by atoms with Crippen LogP contribution < -0.4 is 4.72 Å². The van der Waals surface area contributed by atoms with Gasteiger partial charge in [0.05, 0.1) is 4.90 Å². The van der Waals surface area contributed by atoms with Crippen molar-refractivity contribution in [2.75, 3.05) is 4.72 Å². The Balaban J connectivity index is 2.28. The van der Waals surface area contributed by atoms with Gasteiger partial charge in [-0.15, -0.1) is 0 Å². The molecular formula is C16H19BrN2O2S. The van der Waals surface area contributed by atoms with Gasteiger partial charge < -0.3 is 0 Å². The summed E-state index contributed by atoms with van der Waals surface area (Å²) in [5.74, 6) is 0.306. The third-order valence-corrected chi connectivity index (χ3v) is 5.52. The topological polar surface area (TPSA) is 59.1 Å². The number of sulfonamides is 1. The maximum atomic E-state index is 12.4. The molecular weight excluding hydrogens is 364 g/mol. The van der Waals surface area contributed by atoms with Crippen molar-refractivity contribution in [1.29, 1.82) is 0 Å². The number of hydrogen-bond acceptors (Lipinski definition) is 3. The molecule has 118 valence electrons. The van der Waals surface area contributed by atoms with E-state index in [1.54, 1.807) is 24.4 Å². The lowest BCUT2D eigenvalue weighted by molar-refractivity contribution is 0.587. The highest BCUT2D eigenvalue weighted by Gasteiger charge is 2.18. The van der Waals surface area contributed by atoms with Gasteiger partial charge in [0.15, 0.2) is 0 Å². The summed E-state index contributed by atoms with van der Waals surface area (Å²) in [5.41, 5.74) is 1.99. The van der Waals surface area contributed by atoms with E-state index in [9.17, 15) is 8.42 Å². The normalized spacial score (nSPS) is 12.2. The summed E-state index contributed by atoms with van der Waals surface area (Å²) in [7, 11) is -3.63. The first-order chi connectivity index (χ1) is 10.1. The molecule has 1 N–H and O–H groups in total. The molecule has 0 atom stereocenters. The minimum atomic E-state index is -3.63. The molecule has 1 heterocycles. The largest absolute Gasteiger partial charge is 0.263 e. The number of rotatable bonds is 3. The highest BCUT2D eigenvalue weighted by molar-refractivity contribution is 9.10. The summed E-state index contributed by atoms with van der Waals surface area (Å²) >= 11 is 3.34. The molecule has 0 radical (unpaired) electrons. The van der Waals surface area contributed by atoms with Crippen LogP contribution in [0.5, 0.6) is 0 Å². The standard InChI is InChI=1S/C16H19BrN2O2S/c1-11-9-15(18-10-14(11)17)19-22(20,21)13-7-5-12(6-8-13)16(2,3)4/h5-10H,1-4H3,(H,18,19). The SMILES string of the molecule is Cc1cc(NS(=O)(=O)c2ccc(C(C)(C)C)cc2)ncc1Br. The second-order valence-electron chi connectivity index (χ2n) is 6.20. The molecule has 0 spiro atoms. The van der Waals surface area contributed by atoms with Gasteiger partial charge in [-0.3, -0.25) is 4.72 Å². The lowest BCUT2D eigenvalue weighted by Gasteiger charge is -2.19. The van der Waals surface area contributed by atoms with Crippen LogP contribution in [0.25, 0.3) is 0 Å². The second-order valence-corrected chi connectivity index (χ2v) is 8.74. The van der Waals surface area contributed by atoms with Crippen molar-refractivity contribution in [3.05, 3.63) is 52.1 Å². The Morgan fingerprint density at radius 3 is 2.23 bits per heavy atom. The van der Waals surface area contributed by atoms with Gasteiger partial charge in [-0.1, -0.05) is 32.9 Å². The fourth-order valence-electron chi connectivity index (χ4n) is 1.93. The van der Waals surface area contributed by atoms with Crippen molar-refractivity contribution < 1.29 is 8.42 Å². The molecule has 1 aromatic carbocycles. The molecule has 0 aliphatic heterocycles. The zero-order chi connectivity index (χ0) is 16.5. The molecule has 0 bridgehead atoms. The first kappa shape index (κ1) is 17.0. The number of halogens is 1. The maximum Gasteiger partial charge on any atom is 0.263 e. The number of aryl methyl sites for hydroxylation is 1. The van der Waals surface area contributed by atoms with Crippen molar-refractivity contribution in [1.82, 2.24) is 4.98 Å². The van der Waals surface area contributed by atoms with Gasteiger partial charge in [-0.25, -0.2) is 13.4 Å². The molecule has 2 rings (SSSR count). The van der Waals surface area contributed by atoms with Crippen LogP contribution in [0.4, 0.5) is 5.82 Å². The van der Waals surface area contributed by atoms with Crippen molar-refractivity contribution in [2.24, 2.45) is 0 Å². The molecule has 0 aliphatic rings. The fourth-order valence-corrected chi connectivity index (χ4v) is 3.14. The molecule has 2 aromatic rings. The van der Waals surface area contributed by atoms with Gasteiger partial charge in [-0.05, 0) is 57.6 Å². The molecule has 0 unspecified atom stereocenters.